The zero-order chi connectivity index (χ0) is 32.3. The highest BCUT2D eigenvalue weighted by molar-refractivity contribution is 7.26. The monoisotopic (exact) mass is 642 g/mol. The van der Waals surface area contributed by atoms with E-state index in [-0.39, 0.29) is 0 Å². The van der Waals surface area contributed by atoms with E-state index in [0.29, 0.717) is 0 Å². The number of aromatic nitrogens is 1. The van der Waals surface area contributed by atoms with Gasteiger partial charge in [-0.2, -0.15) is 0 Å². The minimum absolute atomic E-state index is 1.12. The Balaban J connectivity index is 1.14. The summed E-state index contributed by atoms with van der Waals surface area (Å²) < 4.78 is 2.65. The van der Waals surface area contributed by atoms with Crippen LogP contribution in [0.25, 0.3) is 75.0 Å². The van der Waals surface area contributed by atoms with E-state index in [2.05, 4.69) is 186 Å². The predicted octanol–water partition coefficient (Wildman–Crippen LogP) is 13.6. The second-order valence-electron chi connectivity index (χ2n) is 12.6. The van der Waals surface area contributed by atoms with Gasteiger partial charge in [0.15, 0.2) is 0 Å². The molecule has 49 heavy (non-hydrogen) atoms. The Hall–Kier alpha value is -6.16. The van der Waals surface area contributed by atoms with Crippen molar-refractivity contribution in [1.82, 2.24) is 4.98 Å². The lowest BCUT2D eigenvalue weighted by atomic mass is 10.00. The molecule has 0 aliphatic carbocycles. The average molecular weight is 643 g/mol. The fourth-order valence-electron chi connectivity index (χ4n) is 7.43. The molecular formula is C46H30N2S. The van der Waals surface area contributed by atoms with Crippen LogP contribution in [0, 0.1) is 0 Å². The molecule has 0 unspecified atom stereocenters. The third-order valence-corrected chi connectivity index (χ3v) is 11.0. The molecule has 2 nitrogen and oxygen atoms in total. The number of nitrogens with zero attached hydrogens (tertiary/aromatic N) is 1. The van der Waals surface area contributed by atoms with Gasteiger partial charge in [0.2, 0.25) is 0 Å². The topological polar surface area (TPSA) is 19.0 Å². The number of fused-ring (bicyclic) bond motifs is 7. The summed E-state index contributed by atoms with van der Waals surface area (Å²) in [5.41, 5.74) is 10.6. The maximum absolute atomic E-state index is 3.83. The molecule has 10 aromatic rings. The van der Waals surface area contributed by atoms with Gasteiger partial charge in [0.25, 0.3) is 0 Å². The molecule has 0 radical (unpaired) electrons. The molecule has 230 valence electrons. The Kier molecular flexibility index (Phi) is 6.39. The van der Waals surface area contributed by atoms with Crippen molar-refractivity contribution in [3.05, 3.63) is 176 Å². The van der Waals surface area contributed by atoms with Crippen molar-refractivity contribution in [2.75, 3.05) is 4.90 Å². The Morgan fingerprint density at radius 2 is 1.06 bits per heavy atom. The van der Waals surface area contributed by atoms with Crippen LogP contribution in [0.3, 0.4) is 0 Å². The maximum atomic E-state index is 3.83. The summed E-state index contributed by atoms with van der Waals surface area (Å²) >= 11 is 1.88. The van der Waals surface area contributed by atoms with Crippen LogP contribution < -0.4 is 4.90 Å². The molecule has 0 amide bonds. The van der Waals surface area contributed by atoms with E-state index < -0.39 is 0 Å². The number of rotatable bonds is 5. The van der Waals surface area contributed by atoms with Crippen molar-refractivity contribution < 1.29 is 0 Å². The zero-order valence-electron chi connectivity index (χ0n) is 26.6. The smallest absolute Gasteiger partial charge is 0.0545 e. The van der Waals surface area contributed by atoms with Crippen LogP contribution in [0.4, 0.5) is 17.1 Å². The summed E-state index contributed by atoms with van der Waals surface area (Å²) in [7, 11) is 0. The number of hydrogen-bond acceptors (Lipinski definition) is 2. The van der Waals surface area contributed by atoms with Gasteiger partial charge in [-0.25, -0.2) is 0 Å². The van der Waals surface area contributed by atoms with Crippen LogP contribution in [0.2, 0.25) is 0 Å². The Bertz CT molecular complexity index is 2830. The fraction of sp³-hybridized carbons (Fsp3) is 0. The first-order chi connectivity index (χ1) is 24.3. The van der Waals surface area contributed by atoms with Gasteiger partial charge in [-0.3, -0.25) is 0 Å². The SMILES string of the molecule is c1ccc(-c2ccc(N(c3ccc4ccccc4c3)c3ccc4[nH]c5c(-c6cccc7c6sc6ccccc67)cccc5c4c3)cc2)cc1. The van der Waals surface area contributed by atoms with Crippen molar-refractivity contribution >= 4 is 81.1 Å². The van der Waals surface area contributed by atoms with Crippen LogP contribution in [-0.2, 0) is 0 Å². The van der Waals surface area contributed by atoms with E-state index in [1.54, 1.807) is 0 Å². The first-order valence-corrected chi connectivity index (χ1v) is 17.5. The van der Waals surface area contributed by atoms with Gasteiger partial charge >= 0.3 is 0 Å². The minimum atomic E-state index is 1.12. The van der Waals surface area contributed by atoms with E-state index in [1.807, 2.05) is 11.3 Å². The highest BCUT2D eigenvalue weighted by atomic mass is 32.1. The summed E-state index contributed by atoms with van der Waals surface area (Å²) in [5.74, 6) is 0. The number of anilines is 3. The third-order valence-electron chi connectivity index (χ3n) is 9.79. The van der Waals surface area contributed by atoms with E-state index in [9.17, 15) is 0 Å². The Morgan fingerprint density at radius 1 is 0.408 bits per heavy atom. The first kappa shape index (κ1) is 27.9. The van der Waals surface area contributed by atoms with Crippen molar-refractivity contribution in [2.24, 2.45) is 0 Å². The van der Waals surface area contributed by atoms with E-state index >= 15 is 0 Å². The molecule has 0 saturated carbocycles. The van der Waals surface area contributed by atoms with Crippen LogP contribution in [-0.4, -0.2) is 4.98 Å². The van der Waals surface area contributed by atoms with Gasteiger partial charge in [0.05, 0.1) is 5.52 Å². The highest BCUT2D eigenvalue weighted by Gasteiger charge is 2.18. The lowest BCUT2D eigenvalue weighted by Crippen LogP contribution is -2.09. The van der Waals surface area contributed by atoms with Gasteiger partial charge in [-0.15, -0.1) is 11.3 Å². The second kappa shape index (κ2) is 11.2. The van der Waals surface area contributed by atoms with Crippen LogP contribution in [0.5, 0.6) is 0 Å². The molecule has 0 spiro atoms. The number of benzene rings is 8. The van der Waals surface area contributed by atoms with E-state index in [0.717, 1.165) is 22.6 Å². The molecule has 0 bridgehead atoms. The van der Waals surface area contributed by atoms with E-state index in [4.69, 9.17) is 0 Å². The van der Waals surface area contributed by atoms with Gasteiger partial charge in [0.1, 0.15) is 0 Å². The first-order valence-electron chi connectivity index (χ1n) is 16.7. The quantitative estimate of drug-likeness (QED) is 0.198. The summed E-state index contributed by atoms with van der Waals surface area (Å²) in [6.07, 6.45) is 0. The molecule has 0 aliphatic rings. The standard InChI is InChI=1S/C46H30N2S/c1-2-10-30(11-3-1)32-20-23-34(24-21-32)48(35-25-22-31-12-4-5-13-33(31)28-35)36-26-27-43-42(29-36)39-16-8-15-38(45(39)47-43)41-18-9-17-40-37-14-6-7-19-44(37)49-46(40)41/h1-29,47H. The number of thiophene rings is 1. The van der Waals surface area contributed by atoms with E-state index in [1.165, 1.54) is 69.5 Å². The van der Waals surface area contributed by atoms with Gasteiger partial charge in [-0.05, 0) is 70.4 Å². The van der Waals surface area contributed by atoms with Crippen molar-refractivity contribution in [3.8, 4) is 22.3 Å². The summed E-state index contributed by atoms with van der Waals surface area (Å²) in [6, 6.07) is 63.8. The average Bonchev–Trinajstić information content (AvgIpc) is 3.74. The van der Waals surface area contributed by atoms with Crippen LogP contribution in [0.1, 0.15) is 0 Å². The van der Waals surface area contributed by atoms with Crippen LogP contribution >= 0.6 is 11.3 Å². The second-order valence-corrected chi connectivity index (χ2v) is 13.7. The molecule has 10 rings (SSSR count). The number of aromatic amines is 1. The van der Waals surface area contributed by atoms with Crippen molar-refractivity contribution in [2.45, 2.75) is 0 Å². The largest absolute Gasteiger partial charge is 0.354 e. The maximum Gasteiger partial charge on any atom is 0.0545 e. The van der Waals surface area contributed by atoms with Gasteiger partial charge in [-0.1, -0.05) is 127 Å². The highest BCUT2D eigenvalue weighted by Crippen LogP contribution is 2.44. The molecule has 0 atom stereocenters. The lowest BCUT2D eigenvalue weighted by Gasteiger charge is -2.26. The Morgan fingerprint density at radius 3 is 1.94 bits per heavy atom. The van der Waals surface area contributed by atoms with Gasteiger partial charge < -0.3 is 9.88 Å². The molecule has 1 N–H and O–H groups in total. The molecule has 0 aliphatic heterocycles. The molecular weight excluding hydrogens is 613 g/mol. The normalized spacial score (nSPS) is 11.7. The van der Waals surface area contributed by atoms with Crippen molar-refractivity contribution in [3.63, 3.8) is 0 Å². The molecule has 0 fully saturated rings. The van der Waals surface area contributed by atoms with Gasteiger partial charge in [0, 0.05) is 64.7 Å². The molecule has 8 aromatic carbocycles. The zero-order valence-corrected chi connectivity index (χ0v) is 27.4. The summed E-state index contributed by atoms with van der Waals surface area (Å²) in [6.45, 7) is 0. The summed E-state index contributed by atoms with van der Waals surface area (Å²) in [5, 5.41) is 7.54. The Labute approximate surface area is 288 Å². The van der Waals surface area contributed by atoms with Crippen LogP contribution in [0.15, 0.2) is 176 Å². The third kappa shape index (κ3) is 4.62. The number of H-pyrrole nitrogens is 1. The summed E-state index contributed by atoms with van der Waals surface area (Å²) in [4.78, 5) is 6.20. The number of nitrogens with one attached hydrogen (secondary N) is 1. The molecule has 0 saturated heterocycles. The molecule has 2 heterocycles. The fourth-order valence-corrected chi connectivity index (χ4v) is 8.66. The predicted molar refractivity (Wildman–Crippen MR) is 212 cm³/mol. The molecule has 2 aromatic heterocycles. The number of para-hydroxylation sites is 1. The minimum Gasteiger partial charge on any atom is -0.354 e. The van der Waals surface area contributed by atoms with Crippen molar-refractivity contribution in [1.29, 1.82) is 0 Å². The lowest BCUT2D eigenvalue weighted by molar-refractivity contribution is 1.29. The number of hydrogen-bond donors (Lipinski definition) is 1. The molecule has 3 heteroatoms.